The molecule has 0 bridgehead atoms. The van der Waals surface area contributed by atoms with Gasteiger partial charge in [-0.15, -0.1) is 0 Å². The van der Waals surface area contributed by atoms with Gasteiger partial charge in [-0.25, -0.2) is 0 Å². The second kappa shape index (κ2) is 3.91. The SMILES string of the molecule is O=[As]c1c(Cl)ccc(Cl)c1Cl. The normalized spacial score (nSPS) is 10.5. The van der Waals surface area contributed by atoms with Crippen molar-refractivity contribution in [3.05, 3.63) is 27.2 Å². The van der Waals surface area contributed by atoms with Gasteiger partial charge in [0.05, 0.1) is 0 Å². The van der Waals surface area contributed by atoms with Crippen LogP contribution in [0.25, 0.3) is 0 Å². The summed E-state index contributed by atoms with van der Waals surface area (Å²) in [4.78, 5) is 0. The van der Waals surface area contributed by atoms with Crippen molar-refractivity contribution in [3.8, 4) is 0 Å². The van der Waals surface area contributed by atoms with E-state index in [-0.39, 0.29) is 0 Å². The average molecular weight is 271 g/mol. The first kappa shape index (κ1) is 9.54. The summed E-state index contributed by atoms with van der Waals surface area (Å²) in [5.74, 6) is 0. The summed E-state index contributed by atoms with van der Waals surface area (Å²) in [7, 11) is 0. The van der Waals surface area contributed by atoms with Crippen LogP contribution in [-0.2, 0) is 3.74 Å². The van der Waals surface area contributed by atoms with E-state index >= 15 is 0 Å². The van der Waals surface area contributed by atoms with Crippen LogP contribution < -0.4 is 4.35 Å². The van der Waals surface area contributed by atoms with Gasteiger partial charge < -0.3 is 0 Å². The van der Waals surface area contributed by atoms with Gasteiger partial charge in [-0.1, -0.05) is 0 Å². The minimum atomic E-state index is -1.22. The molecule has 0 aromatic heterocycles. The average Bonchev–Trinajstić information content (AvgIpc) is 1.99. The fraction of sp³-hybridized carbons (Fsp3) is 0. The molecule has 0 aliphatic heterocycles. The first-order valence-corrected chi connectivity index (χ1v) is 5.47. The van der Waals surface area contributed by atoms with E-state index in [9.17, 15) is 3.74 Å². The Bertz CT molecular complexity index is 300. The van der Waals surface area contributed by atoms with Crippen LogP contribution in [0.1, 0.15) is 0 Å². The van der Waals surface area contributed by atoms with Gasteiger partial charge in [-0.3, -0.25) is 0 Å². The van der Waals surface area contributed by atoms with Crippen LogP contribution >= 0.6 is 34.8 Å². The van der Waals surface area contributed by atoms with Crippen LogP contribution in [0, 0.1) is 0 Å². The van der Waals surface area contributed by atoms with Crippen molar-refractivity contribution < 1.29 is 3.74 Å². The summed E-state index contributed by atoms with van der Waals surface area (Å²) in [6.45, 7) is 0. The number of hydrogen-bond donors (Lipinski definition) is 0. The second-order valence-electron chi connectivity index (χ2n) is 1.78. The van der Waals surface area contributed by atoms with Crippen molar-refractivity contribution in [2.75, 3.05) is 0 Å². The van der Waals surface area contributed by atoms with E-state index in [1.165, 1.54) is 0 Å². The van der Waals surface area contributed by atoms with Gasteiger partial charge in [0.2, 0.25) is 0 Å². The van der Waals surface area contributed by atoms with Crippen molar-refractivity contribution in [3.63, 3.8) is 0 Å². The van der Waals surface area contributed by atoms with Gasteiger partial charge in [0.25, 0.3) is 0 Å². The molecule has 0 radical (unpaired) electrons. The van der Waals surface area contributed by atoms with Gasteiger partial charge >= 0.3 is 85.8 Å². The number of halogens is 3. The molecule has 1 aromatic carbocycles. The molecule has 0 atom stereocenters. The Hall–Kier alpha value is 0.448. The van der Waals surface area contributed by atoms with E-state index in [0.29, 0.717) is 19.4 Å². The monoisotopic (exact) mass is 270 g/mol. The van der Waals surface area contributed by atoms with E-state index in [1.807, 2.05) is 0 Å². The zero-order valence-corrected chi connectivity index (χ0v) is 9.29. The third-order valence-electron chi connectivity index (χ3n) is 1.11. The van der Waals surface area contributed by atoms with Gasteiger partial charge in [-0.05, 0) is 0 Å². The number of rotatable bonds is 1. The molecule has 58 valence electrons. The maximum atomic E-state index is 10.6. The summed E-state index contributed by atoms with van der Waals surface area (Å²) in [6, 6.07) is 3.16. The molecule has 11 heavy (non-hydrogen) atoms. The van der Waals surface area contributed by atoms with E-state index in [0.717, 1.165) is 0 Å². The number of hydrogen-bond acceptors (Lipinski definition) is 1. The van der Waals surface area contributed by atoms with Crippen molar-refractivity contribution in [2.24, 2.45) is 0 Å². The molecule has 1 aromatic rings. The molecule has 1 nitrogen and oxygen atoms in total. The molecule has 0 saturated heterocycles. The fourth-order valence-corrected chi connectivity index (χ4v) is 2.39. The van der Waals surface area contributed by atoms with Crippen LogP contribution in [0.2, 0.25) is 15.1 Å². The van der Waals surface area contributed by atoms with Gasteiger partial charge in [0.1, 0.15) is 0 Å². The number of benzene rings is 1. The third kappa shape index (κ3) is 1.97. The Morgan fingerprint density at radius 1 is 1.09 bits per heavy atom. The molecular weight excluding hydrogens is 269 g/mol. The maximum absolute atomic E-state index is 10.6. The van der Waals surface area contributed by atoms with Gasteiger partial charge in [0, 0.05) is 0 Å². The van der Waals surface area contributed by atoms with E-state index in [2.05, 4.69) is 0 Å². The molecule has 0 aliphatic rings. The molecular formula is C6H2AsCl3O. The second-order valence-corrected chi connectivity index (χ2v) is 4.30. The van der Waals surface area contributed by atoms with E-state index in [1.54, 1.807) is 12.1 Å². The third-order valence-corrected chi connectivity index (χ3v) is 4.16. The van der Waals surface area contributed by atoms with Gasteiger partial charge in [-0.2, -0.15) is 0 Å². The van der Waals surface area contributed by atoms with Crippen LogP contribution in [0.3, 0.4) is 0 Å². The van der Waals surface area contributed by atoms with Crippen molar-refractivity contribution >= 4 is 54.8 Å². The topological polar surface area (TPSA) is 17.1 Å². The van der Waals surface area contributed by atoms with Crippen LogP contribution in [0.5, 0.6) is 0 Å². The molecule has 0 spiro atoms. The molecule has 0 unspecified atom stereocenters. The van der Waals surface area contributed by atoms with Crippen LogP contribution in [0.15, 0.2) is 12.1 Å². The molecule has 1 rings (SSSR count). The molecule has 0 N–H and O–H groups in total. The Morgan fingerprint density at radius 3 is 2.09 bits per heavy atom. The van der Waals surface area contributed by atoms with Crippen molar-refractivity contribution in [2.45, 2.75) is 0 Å². The quantitative estimate of drug-likeness (QED) is 0.566. The molecule has 0 fully saturated rings. The van der Waals surface area contributed by atoms with Crippen LogP contribution in [-0.4, -0.2) is 15.7 Å². The fourth-order valence-electron chi connectivity index (χ4n) is 0.600. The zero-order valence-electron chi connectivity index (χ0n) is 5.14. The molecule has 0 amide bonds. The predicted octanol–water partition coefficient (Wildman–Crippen LogP) is 2.32. The summed E-state index contributed by atoms with van der Waals surface area (Å²) in [6.07, 6.45) is 0. The Morgan fingerprint density at radius 2 is 1.64 bits per heavy atom. The summed E-state index contributed by atoms with van der Waals surface area (Å²) >= 11 is 15.8. The van der Waals surface area contributed by atoms with E-state index < -0.39 is 15.7 Å². The first-order chi connectivity index (χ1) is 5.16. The molecule has 0 aliphatic carbocycles. The first-order valence-electron chi connectivity index (χ1n) is 2.63. The predicted molar refractivity (Wildman–Crippen MR) is 47.5 cm³/mol. The minimum absolute atomic E-state index is 0.300. The Labute approximate surface area is 85.5 Å². The van der Waals surface area contributed by atoms with Crippen molar-refractivity contribution in [1.29, 1.82) is 0 Å². The van der Waals surface area contributed by atoms with Gasteiger partial charge in [0.15, 0.2) is 0 Å². The van der Waals surface area contributed by atoms with Crippen molar-refractivity contribution in [1.82, 2.24) is 0 Å². The van der Waals surface area contributed by atoms with E-state index in [4.69, 9.17) is 34.8 Å². The Kier molecular flexibility index (Phi) is 3.39. The zero-order chi connectivity index (χ0) is 8.43. The molecule has 0 heterocycles. The summed E-state index contributed by atoms with van der Waals surface area (Å²) in [5.41, 5.74) is 0. The molecule has 5 heteroatoms. The summed E-state index contributed by atoms with van der Waals surface area (Å²) < 4.78 is 11.0. The Balaban J connectivity index is 3.40. The summed E-state index contributed by atoms with van der Waals surface area (Å²) in [5, 5.41) is 1.10. The standard InChI is InChI=1S/C6H2AsCl3O/c8-3-1-2-4(9)6(10)5(3)7-11/h1-2H. The van der Waals surface area contributed by atoms with Crippen LogP contribution in [0.4, 0.5) is 0 Å². The molecule has 0 saturated carbocycles.